The van der Waals surface area contributed by atoms with Crippen LogP contribution in [0.25, 0.3) is 0 Å². The lowest BCUT2D eigenvalue weighted by molar-refractivity contribution is 0.0389. The van der Waals surface area contributed by atoms with E-state index in [1.807, 2.05) is 13.8 Å². The molecule has 0 aromatic heterocycles. The predicted molar refractivity (Wildman–Crippen MR) is 74.7 cm³/mol. The SMILES string of the molecule is CCCOCCOCC(NCC)c1cccc(F)c1F. The van der Waals surface area contributed by atoms with Gasteiger partial charge in [-0.15, -0.1) is 0 Å². The Morgan fingerprint density at radius 3 is 2.55 bits per heavy atom. The summed E-state index contributed by atoms with van der Waals surface area (Å²) in [7, 11) is 0. The van der Waals surface area contributed by atoms with E-state index < -0.39 is 11.6 Å². The van der Waals surface area contributed by atoms with Crippen molar-refractivity contribution in [1.82, 2.24) is 5.32 Å². The van der Waals surface area contributed by atoms with Gasteiger partial charge in [-0.2, -0.15) is 0 Å². The van der Waals surface area contributed by atoms with Crippen molar-refractivity contribution in [3.8, 4) is 0 Å². The molecule has 0 spiro atoms. The summed E-state index contributed by atoms with van der Waals surface area (Å²) >= 11 is 0. The van der Waals surface area contributed by atoms with Crippen LogP contribution in [0.3, 0.4) is 0 Å². The number of rotatable bonds is 10. The zero-order valence-electron chi connectivity index (χ0n) is 12.1. The minimum atomic E-state index is -0.836. The van der Waals surface area contributed by atoms with E-state index >= 15 is 0 Å². The fraction of sp³-hybridized carbons (Fsp3) is 0.600. The molecule has 0 bridgehead atoms. The van der Waals surface area contributed by atoms with E-state index in [9.17, 15) is 8.78 Å². The fourth-order valence-corrected chi connectivity index (χ4v) is 1.86. The maximum Gasteiger partial charge on any atom is 0.163 e. The smallest absolute Gasteiger partial charge is 0.163 e. The third kappa shape index (κ3) is 5.53. The first-order valence-electron chi connectivity index (χ1n) is 7.03. The van der Waals surface area contributed by atoms with E-state index in [2.05, 4.69) is 5.32 Å². The van der Waals surface area contributed by atoms with Gasteiger partial charge in [0.25, 0.3) is 0 Å². The highest BCUT2D eigenvalue weighted by Gasteiger charge is 2.17. The van der Waals surface area contributed by atoms with Crippen molar-refractivity contribution in [2.45, 2.75) is 26.3 Å². The van der Waals surface area contributed by atoms with Crippen LogP contribution in [0.15, 0.2) is 18.2 Å². The van der Waals surface area contributed by atoms with Crippen molar-refractivity contribution in [2.24, 2.45) is 0 Å². The Balaban J connectivity index is 2.49. The molecule has 1 aromatic rings. The molecule has 1 rings (SSSR count). The average Bonchev–Trinajstić information content (AvgIpc) is 2.45. The number of hydrogen-bond donors (Lipinski definition) is 1. The molecular weight excluding hydrogens is 264 g/mol. The number of halogens is 2. The number of benzene rings is 1. The van der Waals surface area contributed by atoms with Crippen molar-refractivity contribution < 1.29 is 18.3 Å². The van der Waals surface area contributed by atoms with Gasteiger partial charge in [0.1, 0.15) is 0 Å². The molecule has 0 fully saturated rings. The normalized spacial score (nSPS) is 12.6. The molecule has 1 atom stereocenters. The number of ether oxygens (including phenoxy) is 2. The minimum absolute atomic E-state index is 0.281. The third-order valence-corrected chi connectivity index (χ3v) is 2.81. The molecule has 1 unspecified atom stereocenters. The van der Waals surface area contributed by atoms with Gasteiger partial charge in [-0.1, -0.05) is 26.0 Å². The summed E-state index contributed by atoms with van der Waals surface area (Å²) < 4.78 is 37.8. The van der Waals surface area contributed by atoms with Gasteiger partial charge in [-0.25, -0.2) is 8.78 Å². The molecule has 5 heteroatoms. The molecular formula is C15H23F2NO2. The van der Waals surface area contributed by atoms with Gasteiger partial charge in [0.15, 0.2) is 11.6 Å². The van der Waals surface area contributed by atoms with Gasteiger partial charge in [-0.05, 0) is 19.0 Å². The van der Waals surface area contributed by atoms with Gasteiger partial charge in [-0.3, -0.25) is 0 Å². The lowest BCUT2D eigenvalue weighted by Gasteiger charge is -2.19. The highest BCUT2D eigenvalue weighted by Crippen LogP contribution is 2.19. The van der Waals surface area contributed by atoms with Crippen LogP contribution in [0, 0.1) is 11.6 Å². The summed E-state index contributed by atoms with van der Waals surface area (Å²) in [4.78, 5) is 0. The molecule has 3 nitrogen and oxygen atoms in total. The van der Waals surface area contributed by atoms with E-state index in [4.69, 9.17) is 9.47 Å². The van der Waals surface area contributed by atoms with Crippen LogP contribution in [0.2, 0.25) is 0 Å². The monoisotopic (exact) mass is 287 g/mol. The minimum Gasteiger partial charge on any atom is -0.379 e. The van der Waals surface area contributed by atoms with Crippen molar-refractivity contribution in [3.05, 3.63) is 35.4 Å². The van der Waals surface area contributed by atoms with Gasteiger partial charge >= 0.3 is 0 Å². The van der Waals surface area contributed by atoms with E-state index in [1.165, 1.54) is 6.07 Å². The summed E-state index contributed by atoms with van der Waals surface area (Å²) in [5.41, 5.74) is 0.293. The summed E-state index contributed by atoms with van der Waals surface area (Å²) in [6, 6.07) is 3.83. The Labute approximate surface area is 119 Å². The lowest BCUT2D eigenvalue weighted by atomic mass is 10.1. The highest BCUT2D eigenvalue weighted by atomic mass is 19.2. The van der Waals surface area contributed by atoms with Crippen LogP contribution in [-0.2, 0) is 9.47 Å². The summed E-state index contributed by atoms with van der Waals surface area (Å²) in [6.45, 7) is 6.54. The first-order valence-corrected chi connectivity index (χ1v) is 7.03. The molecule has 0 aliphatic rings. The summed E-state index contributed by atoms with van der Waals surface area (Å²) in [6.07, 6.45) is 0.967. The number of hydrogen-bond acceptors (Lipinski definition) is 3. The molecule has 0 heterocycles. The van der Waals surface area contributed by atoms with E-state index in [0.717, 1.165) is 12.5 Å². The third-order valence-electron chi connectivity index (χ3n) is 2.81. The summed E-state index contributed by atoms with van der Waals surface area (Å²) in [5.74, 6) is -1.65. The van der Waals surface area contributed by atoms with Crippen LogP contribution >= 0.6 is 0 Å². The van der Waals surface area contributed by atoms with Gasteiger partial charge < -0.3 is 14.8 Å². The maximum atomic E-state index is 13.8. The second-order valence-electron chi connectivity index (χ2n) is 4.44. The van der Waals surface area contributed by atoms with Gasteiger partial charge in [0.05, 0.1) is 25.9 Å². The first-order chi connectivity index (χ1) is 9.70. The topological polar surface area (TPSA) is 30.5 Å². The highest BCUT2D eigenvalue weighted by molar-refractivity contribution is 5.22. The Morgan fingerprint density at radius 2 is 1.85 bits per heavy atom. The quantitative estimate of drug-likeness (QED) is 0.671. The summed E-state index contributed by atoms with van der Waals surface area (Å²) in [5, 5.41) is 3.10. The molecule has 0 radical (unpaired) electrons. The van der Waals surface area contributed by atoms with Crippen LogP contribution in [-0.4, -0.2) is 33.0 Å². The average molecular weight is 287 g/mol. The maximum absolute atomic E-state index is 13.8. The van der Waals surface area contributed by atoms with Crippen LogP contribution in [0.4, 0.5) is 8.78 Å². The Bertz CT molecular complexity index is 388. The van der Waals surface area contributed by atoms with Crippen molar-refractivity contribution in [2.75, 3.05) is 33.0 Å². The molecule has 1 aromatic carbocycles. The Kier molecular flexibility index (Phi) is 8.34. The van der Waals surface area contributed by atoms with Gasteiger partial charge in [0, 0.05) is 12.2 Å². The van der Waals surface area contributed by atoms with Crippen molar-refractivity contribution >= 4 is 0 Å². The van der Waals surface area contributed by atoms with Gasteiger partial charge in [0.2, 0.25) is 0 Å². The van der Waals surface area contributed by atoms with Crippen LogP contribution < -0.4 is 5.32 Å². The number of likely N-dealkylation sites (N-methyl/N-ethyl adjacent to an activating group) is 1. The fourth-order valence-electron chi connectivity index (χ4n) is 1.86. The van der Waals surface area contributed by atoms with E-state index in [-0.39, 0.29) is 12.6 Å². The molecule has 0 aliphatic carbocycles. The molecule has 114 valence electrons. The van der Waals surface area contributed by atoms with E-state index in [1.54, 1.807) is 6.07 Å². The molecule has 20 heavy (non-hydrogen) atoms. The van der Waals surface area contributed by atoms with Crippen molar-refractivity contribution in [3.63, 3.8) is 0 Å². The lowest BCUT2D eigenvalue weighted by Crippen LogP contribution is -2.27. The zero-order valence-corrected chi connectivity index (χ0v) is 12.1. The second-order valence-corrected chi connectivity index (χ2v) is 4.44. The van der Waals surface area contributed by atoms with E-state index in [0.29, 0.717) is 31.9 Å². The van der Waals surface area contributed by atoms with Crippen molar-refractivity contribution in [1.29, 1.82) is 0 Å². The van der Waals surface area contributed by atoms with Crippen LogP contribution in [0.5, 0.6) is 0 Å². The Morgan fingerprint density at radius 1 is 1.10 bits per heavy atom. The second kappa shape index (κ2) is 9.80. The largest absolute Gasteiger partial charge is 0.379 e. The molecule has 0 amide bonds. The Hall–Kier alpha value is -1.04. The molecule has 0 aliphatic heterocycles. The zero-order chi connectivity index (χ0) is 14.8. The predicted octanol–water partition coefficient (Wildman–Crippen LogP) is 3.06. The standard InChI is InChI=1S/C15H23F2NO2/c1-3-8-19-9-10-20-11-14(18-4-2)12-6-5-7-13(16)15(12)17/h5-7,14,18H,3-4,8-11H2,1-2H3. The molecule has 0 saturated carbocycles. The first kappa shape index (κ1) is 17.0. The number of nitrogens with one attached hydrogen (secondary N) is 1. The van der Waals surface area contributed by atoms with Crippen LogP contribution in [0.1, 0.15) is 31.9 Å². The molecule has 1 N–H and O–H groups in total. The molecule has 0 saturated heterocycles.